The van der Waals surface area contributed by atoms with Gasteiger partial charge in [0, 0.05) is 18.1 Å². The lowest BCUT2D eigenvalue weighted by molar-refractivity contribution is -0.128. The molecule has 0 fully saturated rings. The van der Waals surface area contributed by atoms with Gasteiger partial charge in [-0.25, -0.2) is 5.43 Å². The number of carbonyl (C=O) groups excluding carboxylic acids is 1. The zero-order valence-corrected chi connectivity index (χ0v) is 7.87. The normalized spacial score (nSPS) is 31.4. The first kappa shape index (κ1) is 9.23. The van der Waals surface area contributed by atoms with Crippen LogP contribution in [0.5, 0.6) is 0 Å². The average Bonchev–Trinajstić information content (AvgIpc) is 2.03. The number of hydrogen-bond donors (Lipinski definition) is 1. The zero-order chi connectivity index (χ0) is 9.14. The van der Waals surface area contributed by atoms with Crippen molar-refractivity contribution < 1.29 is 4.79 Å². The van der Waals surface area contributed by atoms with Gasteiger partial charge >= 0.3 is 0 Å². The summed E-state index contributed by atoms with van der Waals surface area (Å²) >= 11 is 0. The minimum atomic E-state index is 0.0688. The fourth-order valence-corrected chi connectivity index (χ4v) is 1.66. The van der Waals surface area contributed by atoms with Crippen LogP contribution in [0.4, 0.5) is 0 Å². The molecule has 3 atom stereocenters. The third-order valence-corrected chi connectivity index (χ3v) is 2.61. The van der Waals surface area contributed by atoms with Gasteiger partial charge in [0.1, 0.15) is 0 Å². The highest BCUT2D eigenvalue weighted by molar-refractivity contribution is 5.85. The number of hydrogen-bond acceptors (Lipinski definition) is 2. The summed E-state index contributed by atoms with van der Waals surface area (Å²) in [5.74, 6) is 0.882. The highest BCUT2D eigenvalue weighted by Crippen LogP contribution is 2.24. The largest absolute Gasteiger partial charge is 0.273 e. The second-order valence-corrected chi connectivity index (χ2v) is 3.52. The predicted octanol–water partition coefficient (Wildman–Crippen LogP) is 1.40. The molecule has 0 aromatic heterocycles. The van der Waals surface area contributed by atoms with Crippen molar-refractivity contribution in [2.24, 2.45) is 22.9 Å². The van der Waals surface area contributed by atoms with Crippen LogP contribution in [0.25, 0.3) is 0 Å². The van der Waals surface area contributed by atoms with Gasteiger partial charge in [-0.2, -0.15) is 5.10 Å². The fraction of sp³-hybridized carbons (Fsp3) is 0.778. The van der Waals surface area contributed by atoms with Crippen molar-refractivity contribution in [3.63, 3.8) is 0 Å². The van der Waals surface area contributed by atoms with Crippen LogP contribution >= 0.6 is 0 Å². The molecule has 1 N–H and O–H groups in total. The monoisotopic (exact) mass is 168 g/mol. The lowest BCUT2D eigenvalue weighted by atomic mass is 9.81. The molecule has 0 bridgehead atoms. The van der Waals surface area contributed by atoms with E-state index < -0.39 is 0 Å². The molecule has 3 unspecified atom stereocenters. The number of hydrazone groups is 1. The Balaban J connectivity index is 2.72. The molecule has 12 heavy (non-hydrogen) atoms. The quantitative estimate of drug-likeness (QED) is 0.665. The highest BCUT2D eigenvalue weighted by atomic mass is 16.2. The van der Waals surface area contributed by atoms with Gasteiger partial charge < -0.3 is 0 Å². The third kappa shape index (κ3) is 1.65. The molecule has 1 heterocycles. The molecule has 0 aromatic rings. The van der Waals surface area contributed by atoms with Gasteiger partial charge in [-0.3, -0.25) is 4.79 Å². The fourth-order valence-electron chi connectivity index (χ4n) is 1.66. The molecule has 1 rings (SSSR count). The summed E-state index contributed by atoms with van der Waals surface area (Å²) in [5.41, 5.74) is 2.51. The first-order chi connectivity index (χ1) is 5.66. The second-order valence-electron chi connectivity index (χ2n) is 3.52. The zero-order valence-electron chi connectivity index (χ0n) is 7.87. The van der Waals surface area contributed by atoms with E-state index in [1.807, 2.05) is 13.1 Å². The Morgan fingerprint density at radius 2 is 2.42 bits per heavy atom. The SMILES string of the molecule is CCC(C)C1C(=O)NN=CC1C. The summed E-state index contributed by atoms with van der Waals surface area (Å²) in [4.78, 5) is 11.4. The summed E-state index contributed by atoms with van der Waals surface area (Å²) < 4.78 is 0. The van der Waals surface area contributed by atoms with Crippen molar-refractivity contribution in [3.05, 3.63) is 0 Å². The first-order valence-corrected chi connectivity index (χ1v) is 4.49. The van der Waals surface area contributed by atoms with E-state index in [2.05, 4.69) is 24.4 Å². The molecule has 0 spiro atoms. The number of nitrogens with zero attached hydrogens (tertiary/aromatic N) is 1. The maximum Gasteiger partial charge on any atom is 0.244 e. The van der Waals surface area contributed by atoms with Gasteiger partial charge in [0.15, 0.2) is 0 Å². The van der Waals surface area contributed by atoms with Crippen LogP contribution in [-0.4, -0.2) is 12.1 Å². The third-order valence-electron chi connectivity index (χ3n) is 2.61. The van der Waals surface area contributed by atoms with E-state index in [-0.39, 0.29) is 17.7 Å². The van der Waals surface area contributed by atoms with Gasteiger partial charge in [0.25, 0.3) is 0 Å². The molecule has 0 aliphatic carbocycles. The summed E-state index contributed by atoms with van der Waals surface area (Å²) in [6.45, 7) is 6.26. The smallest absolute Gasteiger partial charge is 0.244 e. The van der Waals surface area contributed by atoms with Crippen molar-refractivity contribution in [1.82, 2.24) is 5.43 Å². The van der Waals surface area contributed by atoms with Crippen LogP contribution in [-0.2, 0) is 4.79 Å². The van der Waals surface area contributed by atoms with Gasteiger partial charge in [-0.1, -0.05) is 27.2 Å². The van der Waals surface area contributed by atoms with Crippen molar-refractivity contribution in [2.75, 3.05) is 0 Å². The molecular weight excluding hydrogens is 152 g/mol. The summed E-state index contributed by atoms with van der Waals surface area (Å²) in [7, 11) is 0. The number of rotatable bonds is 2. The van der Waals surface area contributed by atoms with E-state index in [0.29, 0.717) is 5.92 Å². The Morgan fingerprint density at radius 3 is 2.92 bits per heavy atom. The molecule has 0 aromatic carbocycles. The van der Waals surface area contributed by atoms with Crippen molar-refractivity contribution in [3.8, 4) is 0 Å². The van der Waals surface area contributed by atoms with Crippen LogP contribution in [0.15, 0.2) is 5.10 Å². The molecule has 1 amide bonds. The number of amides is 1. The number of nitrogens with one attached hydrogen (secondary N) is 1. The molecular formula is C9H16N2O. The van der Waals surface area contributed by atoms with Gasteiger partial charge in [0.05, 0.1) is 0 Å². The molecule has 0 radical (unpaired) electrons. The Hall–Kier alpha value is -0.860. The van der Waals surface area contributed by atoms with E-state index in [1.165, 1.54) is 0 Å². The molecule has 0 saturated carbocycles. The molecule has 68 valence electrons. The van der Waals surface area contributed by atoms with Crippen molar-refractivity contribution in [1.29, 1.82) is 0 Å². The minimum Gasteiger partial charge on any atom is -0.273 e. The van der Waals surface area contributed by atoms with E-state index in [1.54, 1.807) is 0 Å². The molecule has 1 aliphatic heterocycles. The topological polar surface area (TPSA) is 41.5 Å². The molecule has 1 aliphatic rings. The van der Waals surface area contributed by atoms with Gasteiger partial charge in [-0.05, 0) is 5.92 Å². The Labute approximate surface area is 73.2 Å². The van der Waals surface area contributed by atoms with Crippen molar-refractivity contribution >= 4 is 12.1 Å². The molecule has 3 heteroatoms. The second kappa shape index (κ2) is 3.70. The highest BCUT2D eigenvalue weighted by Gasteiger charge is 2.30. The summed E-state index contributed by atoms with van der Waals surface area (Å²) in [5, 5.41) is 3.78. The predicted molar refractivity (Wildman–Crippen MR) is 48.7 cm³/mol. The van der Waals surface area contributed by atoms with E-state index in [0.717, 1.165) is 6.42 Å². The van der Waals surface area contributed by atoms with Crippen LogP contribution in [0.3, 0.4) is 0 Å². The van der Waals surface area contributed by atoms with Gasteiger partial charge in [-0.15, -0.1) is 0 Å². The van der Waals surface area contributed by atoms with Crippen molar-refractivity contribution in [2.45, 2.75) is 27.2 Å². The number of carbonyl (C=O) groups is 1. The van der Waals surface area contributed by atoms with E-state index in [9.17, 15) is 4.79 Å². The van der Waals surface area contributed by atoms with E-state index in [4.69, 9.17) is 0 Å². The maximum absolute atomic E-state index is 11.4. The lowest BCUT2D eigenvalue weighted by Gasteiger charge is -2.27. The summed E-state index contributed by atoms with van der Waals surface area (Å²) in [6.07, 6.45) is 2.86. The maximum atomic E-state index is 11.4. The Kier molecular flexibility index (Phi) is 2.84. The van der Waals surface area contributed by atoms with Crippen LogP contribution in [0.2, 0.25) is 0 Å². The molecule has 3 nitrogen and oxygen atoms in total. The van der Waals surface area contributed by atoms with E-state index >= 15 is 0 Å². The lowest BCUT2D eigenvalue weighted by Crippen LogP contribution is -2.39. The van der Waals surface area contributed by atoms with Crippen LogP contribution in [0, 0.1) is 17.8 Å². The van der Waals surface area contributed by atoms with Crippen LogP contribution < -0.4 is 5.43 Å². The molecule has 0 saturated heterocycles. The van der Waals surface area contributed by atoms with Gasteiger partial charge in [0.2, 0.25) is 5.91 Å². The Bertz CT molecular complexity index is 201. The average molecular weight is 168 g/mol. The van der Waals surface area contributed by atoms with Crippen LogP contribution in [0.1, 0.15) is 27.2 Å². The summed E-state index contributed by atoms with van der Waals surface area (Å²) in [6, 6.07) is 0. The first-order valence-electron chi connectivity index (χ1n) is 4.49. The standard InChI is InChI=1S/C9H16N2O/c1-4-6(2)8-7(3)5-10-11-9(8)12/h5-8H,4H2,1-3H3,(H,11,12). The minimum absolute atomic E-state index is 0.0688. The Morgan fingerprint density at radius 1 is 1.75 bits per heavy atom.